The third-order valence-electron chi connectivity index (χ3n) is 5.99. The van der Waals surface area contributed by atoms with Crippen LogP contribution >= 0.6 is 0 Å². The van der Waals surface area contributed by atoms with E-state index in [2.05, 4.69) is 11.8 Å². The molecule has 5 nitrogen and oxygen atoms in total. The lowest BCUT2D eigenvalue weighted by atomic mass is 10.1. The van der Waals surface area contributed by atoms with Crippen molar-refractivity contribution >= 4 is 22.8 Å². The van der Waals surface area contributed by atoms with Crippen molar-refractivity contribution in [1.82, 2.24) is 0 Å². The highest BCUT2D eigenvalue weighted by Crippen LogP contribution is 2.37. The van der Waals surface area contributed by atoms with Gasteiger partial charge in [-0.2, -0.15) is 13.2 Å². The van der Waals surface area contributed by atoms with E-state index in [0.29, 0.717) is 11.3 Å². The van der Waals surface area contributed by atoms with Crippen molar-refractivity contribution in [3.05, 3.63) is 120 Å². The molecular formula is C34H28F3O5S+. The molecule has 0 aliphatic heterocycles. The maximum absolute atomic E-state index is 13.0. The van der Waals surface area contributed by atoms with Crippen molar-refractivity contribution in [2.45, 2.75) is 40.3 Å². The highest BCUT2D eigenvalue weighted by atomic mass is 32.2. The van der Waals surface area contributed by atoms with Crippen molar-refractivity contribution in [1.29, 1.82) is 0 Å². The Balaban J connectivity index is 1.46. The van der Waals surface area contributed by atoms with Gasteiger partial charge >= 0.3 is 18.1 Å². The lowest BCUT2D eigenvalue weighted by molar-refractivity contribution is -0.155. The van der Waals surface area contributed by atoms with Crippen molar-refractivity contribution in [2.75, 3.05) is 13.7 Å². The molecule has 0 saturated carbocycles. The van der Waals surface area contributed by atoms with E-state index in [-0.39, 0.29) is 5.56 Å². The molecule has 0 atom stereocenters. The Kier molecular flexibility index (Phi) is 9.84. The fourth-order valence-corrected chi connectivity index (χ4v) is 6.21. The van der Waals surface area contributed by atoms with Crippen molar-refractivity contribution in [3.63, 3.8) is 0 Å². The first kappa shape index (κ1) is 31.3. The zero-order valence-electron chi connectivity index (χ0n) is 23.6. The summed E-state index contributed by atoms with van der Waals surface area (Å²) in [7, 11) is 0.964. The van der Waals surface area contributed by atoms with Gasteiger partial charge in [0.15, 0.2) is 27.7 Å². The molecule has 0 fully saturated rings. The van der Waals surface area contributed by atoms with E-state index in [1.165, 1.54) is 26.0 Å². The number of ether oxygens (including phenoxy) is 3. The Morgan fingerprint density at radius 3 is 1.93 bits per heavy atom. The summed E-state index contributed by atoms with van der Waals surface area (Å²) in [6.07, 6.45) is -4.45. The minimum absolute atomic E-state index is 0.231. The molecule has 0 heterocycles. The van der Waals surface area contributed by atoms with Gasteiger partial charge in [-0.15, -0.1) is 0 Å². The van der Waals surface area contributed by atoms with Crippen LogP contribution in [0.4, 0.5) is 13.2 Å². The van der Waals surface area contributed by atoms with Crippen LogP contribution in [0, 0.1) is 11.8 Å². The van der Waals surface area contributed by atoms with Gasteiger partial charge in [0.25, 0.3) is 0 Å². The van der Waals surface area contributed by atoms with E-state index in [9.17, 15) is 22.8 Å². The first-order valence-corrected chi connectivity index (χ1v) is 14.3. The average molecular weight is 606 g/mol. The molecule has 0 aliphatic rings. The van der Waals surface area contributed by atoms with Crippen LogP contribution in [-0.4, -0.2) is 31.3 Å². The highest BCUT2D eigenvalue weighted by molar-refractivity contribution is 7.97. The summed E-state index contributed by atoms with van der Waals surface area (Å²) in [5.41, 5.74) is -1.53. The third-order valence-corrected chi connectivity index (χ3v) is 8.23. The minimum Gasteiger partial charge on any atom is -0.491 e. The van der Waals surface area contributed by atoms with Crippen molar-refractivity contribution in [2.24, 2.45) is 0 Å². The topological polar surface area (TPSA) is 61.8 Å². The summed E-state index contributed by atoms with van der Waals surface area (Å²) in [6.45, 7) is 2.39. The van der Waals surface area contributed by atoms with Gasteiger partial charge in [-0.3, -0.25) is 0 Å². The number of benzene rings is 4. The molecule has 220 valence electrons. The number of carbonyl (C=O) groups is 2. The van der Waals surface area contributed by atoms with Gasteiger partial charge in [-0.05, 0) is 74.5 Å². The fourth-order valence-electron chi connectivity index (χ4n) is 3.98. The van der Waals surface area contributed by atoms with Crippen LogP contribution in [0.2, 0.25) is 0 Å². The minimum atomic E-state index is -4.45. The van der Waals surface area contributed by atoms with E-state index in [0.717, 1.165) is 26.8 Å². The molecule has 0 radical (unpaired) electrons. The Labute approximate surface area is 251 Å². The van der Waals surface area contributed by atoms with Gasteiger partial charge in [0.1, 0.15) is 10.9 Å². The van der Waals surface area contributed by atoms with Gasteiger partial charge < -0.3 is 14.2 Å². The fraction of sp³-hybridized carbons (Fsp3) is 0.176. The van der Waals surface area contributed by atoms with E-state index in [4.69, 9.17) is 14.2 Å². The van der Waals surface area contributed by atoms with Crippen LogP contribution in [0.1, 0.15) is 35.3 Å². The molecule has 0 aromatic heterocycles. The van der Waals surface area contributed by atoms with Gasteiger partial charge in [0, 0.05) is 11.6 Å². The van der Waals surface area contributed by atoms with E-state index in [1.807, 2.05) is 60.7 Å². The molecule has 0 bridgehead atoms. The molecule has 43 heavy (non-hydrogen) atoms. The van der Waals surface area contributed by atoms with Crippen LogP contribution in [0.5, 0.6) is 5.75 Å². The number of esters is 2. The summed E-state index contributed by atoms with van der Waals surface area (Å²) in [5.74, 6) is 4.46. The van der Waals surface area contributed by atoms with Crippen LogP contribution in [0.3, 0.4) is 0 Å². The highest BCUT2D eigenvalue weighted by Gasteiger charge is 2.33. The molecule has 0 N–H and O–H groups in total. The lowest BCUT2D eigenvalue weighted by Gasteiger charge is -2.18. The number of hydrogen-bond donors (Lipinski definition) is 0. The van der Waals surface area contributed by atoms with Crippen LogP contribution < -0.4 is 4.74 Å². The second-order valence-electron chi connectivity index (χ2n) is 9.68. The smallest absolute Gasteiger partial charge is 0.416 e. The molecule has 0 aliphatic carbocycles. The Morgan fingerprint density at radius 2 is 1.40 bits per heavy atom. The molecular weight excluding hydrogens is 577 g/mol. The standard InChI is InChI=1S/C34H28F3O5S/c1-33(2,21-20-24-14-17-26(18-15-24)34(35,36)37)42-31(38)23-41-32(39)25-16-19-29(40-3)30(22-25)43(27-10-6-4-7-11-27)28-12-8-5-9-13-28/h4-19,22H,23H2,1-3H3/q+1. The van der Waals surface area contributed by atoms with Crippen LogP contribution in [0.25, 0.3) is 0 Å². The predicted octanol–water partition coefficient (Wildman–Crippen LogP) is 7.34. The van der Waals surface area contributed by atoms with Crippen molar-refractivity contribution in [3.8, 4) is 17.6 Å². The number of rotatable bonds is 8. The predicted molar refractivity (Wildman–Crippen MR) is 157 cm³/mol. The third kappa shape index (κ3) is 8.43. The van der Waals surface area contributed by atoms with Crippen molar-refractivity contribution < 1.29 is 37.0 Å². The molecule has 0 amide bonds. The average Bonchev–Trinajstić information content (AvgIpc) is 2.99. The number of alkyl halides is 3. The maximum Gasteiger partial charge on any atom is 0.416 e. The molecule has 0 saturated heterocycles. The summed E-state index contributed by atoms with van der Waals surface area (Å²) in [4.78, 5) is 28.3. The molecule has 4 rings (SSSR count). The monoisotopic (exact) mass is 605 g/mol. The summed E-state index contributed by atoms with van der Waals surface area (Å²) in [6, 6.07) is 29.0. The lowest BCUT2D eigenvalue weighted by Crippen LogP contribution is -2.29. The Morgan fingerprint density at radius 1 is 0.814 bits per heavy atom. The Bertz CT molecular complexity index is 1580. The number of carbonyl (C=O) groups excluding carboxylic acids is 2. The molecule has 4 aromatic carbocycles. The summed E-state index contributed by atoms with van der Waals surface area (Å²) in [5, 5.41) is 0. The van der Waals surface area contributed by atoms with Gasteiger partial charge in [0.2, 0.25) is 4.90 Å². The maximum atomic E-state index is 13.0. The molecule has 4 aromatic rings. The van der Waals surface area contributed by atoms with Crippen LogP contribution in [-0.2, 0) is 31.3 Å². The van der Waals surface area contributed by atoms with E-state index in [1.54, 1.807) is 25.3 Å². The quantitative estimate of drug-likeness (QED) is 0.120. The van der Waals surface area contributed by atoms with Gasteiger partial charge in [0.05, 0.1) is 18.2 Å². The molecule has 0 unspecified atom stereocenters. The summed E-state index contributed by atoms with van der Waals surface area (Å²) >= 11 is 0. The zero-order valence-corrected chi connectivity index (χ0v) is 24.4. The molecule has 0 spiro atoms. The van der Waals surface area contributed by atoms with Crippen LogP contribution in [0.15, 0.2) is 118 Å². The number of methoxy groups -OCH3 is 1. The van der Waals surface area contributed by atoms with Gasteiger partial charge in [-0.25, -0.2) is 9.59 Å². The van der Waals surface area contributed by atoms with E-state index < -0.39 is 46.8 Å². The summed E-state index contributed by atoms with van der Waals surface area (Å²) < 4.78 is 54.6. The first-order valence-electron chi connectivity index (χ1n) is 13.1. The van der Waals surface area contributed by atoms with Gasteiger partial charge in [-0.1, -0.05) is 48.2 Å². The van der Waals surface area contributed by atoms with E-state index >= 15 is 0 Å². The zero-order chi connectivity index (χ0) is 31.0. The Hall–Kier alpha value is -4.68. The largest absolute Gasteiger partial charge is 0.491 e. The molecule has 9 heteroatoms. The normalized spacial score (nSPS) is 11.3. The SMILES string of the molecule is COc1ccc(C(=O)OCC(=O)OC(C)(C)C#Cc2ccc(C(F)(F)F)cc2)cc1[S+](c1ccccc1)c1ccccc1. The number of hydrogen-bond acceptors (Lipinski definition) is 5. The number of halogens is 3. The second kappa shape index (κ2) is 13.5. The second-order valence-corrected chi connectivity index (χ2v) is 11.7. The first-order chi connectivity index (χ1) is 20.5.